The van der Waals surface area contributed by atoms with Crippen molar-refractivity contribution >= 4 is 5.97 Å². The third kappa shape index (κ3) is 3.65. The van der Waals surface area contributed by atoms with Crippen LogP contribution in [0.2, 0.25) is 0 Å². The van der Waals surface area contributed by atoms with E-state index in [9.17, 15) is 13.6 Å². The van der Waals surface area contributed by atoms with Gasteiger partial charge in [0.05, 0.1) is 31.8 Å². The lowest BCUT2D eigenvalue weighted by atomic mass is 9.99. The number of hydrogen-bond donors (Lipinski definition) is 0. The fourth-order valence-corrected chi connectivity index (χ4v) is 1.67. The van der Waals surface area contributed by atoms with Crippen LogP contribution in [0.3, 0.4) is 0 Å². The Morgan fingerprint density at radius 1 is 1.47 bits per heavy atom. The Hall–Kier alpha value is -2.16. The van der Waals surface area contributed by atoms with Crippen molar-refractivity contribution in [1.29, 1.82) is 5.26 Å². The molecule has 1 aromatic rings. The maximum Gasteiger partial charge on any atom is 0.310 e. The number of hydrogen-bond acceptors (Lipinski definition) is 4. The molecule has 0 atom stereocenters. The van der Waals surface area contributed by atoms with Crippen LogP contribution in [0.15, 0.2) is 12.1 Å². The molecule has 0 aliphatic carbocycles. The highest BCUT2D eigenvalue weighted by atomic mass is 19.3. The summed E-state index contributed by atoms with van der Waals surface area (Å²) in [6.45, 7) is 1.79. The molecule has 0 bridgehead atoms. The van der Waals surface area contributed by atoms with Gasteiger partial charge in [0.15, 0.2) is 0 Å². The lowest BCUT2D eigenvalue weighted by molar-refractivity contribution is -0.142. The summed E-state index contributed by atoms with van der Waals surface area (Å²) in [6, 6.07) is 4.22. The zero-order valence-corrected chi connectivity index (χ0v) is 10.6. The average molecular weight is 269 g/mol. The first-order valence-corrected chi connectivity index (χ1v) is 5.58. The number of carbonyl (C=O) groups is 1. The van der Waals surface area contributed by atoms with Crippen molar-refractivity contribution in [1.82, 2.24) is 0 Å². The first-order chi connectivity index (χ1) is 9.03. The van der Waals surface area contributed by atoms with Gasteiger partial charge in [-0.3, -0.25) is 4.79 Å². The molecule has 19 heavy (non-hydrogen) atoms. The molecule has 0 fully saturated rings. The summed E-state index contributed by atoms with van der Waals surface area (Å²) in [5, 5.41) is 8.89. The maximum absolute atomic E-state index is 13.0. The second kappa shape index (κ2) is 6.69. The third-order valence-corrected chi connectivity index (χ3v) is 2.45. The monoisotopic (exact) mass is 269 g/mol. The zero-order chi connectivity index (χ0) is 14.4. The average Bonchev–Trinajstić information content (AvgIpc) is 2.37. The van der Waals surface area contributed by atoms with Gasteiger partial charge in [0.1, 0.15) is 5.75 Å². The van der Waals surface area contributed by atoms with Crippen molar-refractivity contribution in [2.45, 2.75) is 19.8 Å². The van der Waals surface area contributed by atoms with Gasteiger partial charge >= 0.3 is 5.97 Å². The van der Waals surface area contributed by atoms with Crippen LogP contribution in [-0.4, -0.2) is 19.7 Å². The number of methoxy groups -OCH3 is 1. The van der Waals surface area contributed by atoms with E-state index in [0.29, 0.717) is 0 Å². The molecule has 0 radical (unpaired) electrons. The Balaban J connectivity index is 3.26. The Kier molecular flexibility index (Phi) is 5.24. The summed E-state index contributed by atoms with van der Waals surface area (Å²) in [5.41, 5.74) is -0.602. The van der Waals surface area contributed by atoms with Gasteiger partial charge in [-0.15, -0.1) is 0 Å². The van der Waals surface area contributed by atoms with Crippen molar-refractivity contribution in [3.8, 4) is 11.8 Å². The second-order valence-electron chi connectivity index (χ2n) is 3.64. The largest absolute Gasteiger partial charge is 0.497 e. The third-order valence-electron chi connectivity index (χ3n) is 2.45. The molecule has 0 aromatic heterocycles. The number of alkyl halides is 2. The van der Waals surface area contributed by atoms with Gasteiger partial charge in [-0.1, -0.05) is 0 Å². The van der Waals surface area contributed by atoms with Gasteiger partial charge < -0.3 is 9.47 Å². The van der Waals surface area contributed by atoms with Crippen molar-refractivity contribution in [2.24, 2.45) is 0 Å². The molecule has 6 heteroatoms. The van der Waals surface area contributed by atoms with E-state index >= 15 is 0 Å². The minimum absolute atomic E-state index is 0.0457. The van der Waals surface area contributed by atoms with Crippen LogP contribution in [0.5, 0.6) is 5.75 Å². The summed E-state index contributed by atoms with van der Waals surface area (Å²) in [4.78, 5) is 11.4. The number of esters is 1. The van der Waals surface area contributed by atoms with Gasteiger partial charge in [-0.05, 0) is 24.6 Å². The Morgan fingerprint density at radius 2 is 2.16 bits per heavy atom. The minimum Gasteiger partial charge on any atom is -0.497 e. The van der Waals surface area contributed by atoms with Gasteiger partial charge in [0.2, 0.25) is 0 Å². The smallest absolute Gasteiger partial charge is 0.310 e. The SMILES string of the molecule is CCOC(=O)Cc1cc(OC)cc(C#N)c1C(F)F. The number of nitriles is 1. The molecule has 102 valence electrons. The van der Waals surface area contributed by atoms with Gasteiger partial charge in [-0.25, -0.2) is 8.78 Å². The molecule has 0 amide bonds. The fourth-order valence-electron chi connectivity index (χ4n) is 1.67. The summed E-state index contributed by atoms with van der Waals surface area (Å²) in [6.07, 6.45) is -3.16. The minimum atomic E-state index is -2.84. The van der Waals surface area contributed by atoms with Crippen LogP contribution in [0.4, 0.5) is 8.78 Å². The van der Waals surface area contributed by atoms with Crippen LogP contribution in [0.1, 0.15) is 30.0 Å². The molecule has 1 rings (SSSR count). The molecule has 0 saturated carbocycles. The standard InChI is InChI=1S/C13H13F2NO3/c1-3-19-11(17)6-8-4-10(18-2)5-9(7-16)12(8)13(14)15/h4-5,13H,3,6H2,1-2H3. The summed E-state index contributed by atoms with van der Waals surface area (Å²) >= 11 is 0. The quantitative estimate of drug-likeness (QED) is 0.771. The summed E-state index contributed by atoms with van der Waals surface area (Å²) in [7, 11) is 1.35. The number of benzene rings is 1. The second-order valence-corrected chi connectivity index (χ2v) is 3.64. The number of nitrogens with zero attached hydrogens (tertiary/aromatic N) is 1. The molecule has 0 saturated heterocycles. The van der Waals surface area contributed by atoms with Gasteiger partial charge in [0.25, 0.3) is 6.43 Å². The van der Waals surface area contributed by atoms with E-state index in [1.165, 1.54) is 19.2 Å². The molecular formula is C13H13F2NO3. The van der Waals surface area contributed by atoms with Crippen molar-refractivity contribution in [2.75, 3.05) is 13.7 Å². The highest BCUT2D eigenvalue weighted by Crippen LogP contribution is 2.31. The van der Waals surface area contributed by atoms with Crippen molar-refractivity contribution < 1.29 is 23.0 Å². The molecule has 0 unspecified atom stereocenters. The Bertz CT molecular complexity index is 509. The lowest BCUT2D eigenvalue weighted by Gasteiger charge is -2.12. The topological polar surface area (TPSA) is 59.3 Å². The predicted octanol–water partition coefficient (Wildman–Crippen LogP) is 2.61. The van der Waals surface area contributed by atoms with E-state index in [2.05, 4.69) is 0 Å². The van der Waals surface area contributed by atoms with E-state index in [0.717, 1.165) is 0 Å². The van der Waals surface area contributed by atoms with Gasteiger partial charge in [0, 0.05) is 5.56 Å². The maximum atomic E-state index is 13.0. The molecule has 4 nitrogen and oxygen atoms in total. The molecule has 1 aromatic carbocycles. The number of carbonyl (C=O) groups excluding carboxylic acids is 1. The van der Waals surface area contributed by atoms with Crippen LogP contribution >= 0.6 is 0 Å². The van der Waals surface area contributed by atoms with E-state index in [1.54, 1.807) is 13.0 Å². The predicted molar refractivity (Wildman–Crippen MR) is 63.0 cm³/mol. The molecule has 0 heterocycles. The number of rotatable bonds is 5. The lowest BCUT2D eigenvalue weighted by Crippen LogP contribution is -2.10. The fraction of sp³-hybridized carbons (Fsp3) is 0.385. The van der Waals surface area contributed by atoms with Crippen LogP contribution in [0, 0.1) is 11.3 Å². The number of halogens is 2. The molecule has 0 spiro atoms. The van der Waals surface area contributed by atoms with E-state index in [4.69, 9.17) is 14.7 Å². The zero-order valence-electron chi connectivity index (χ0n) is 10.6. The van der Waals surface area contributed by atoms with Crippen LogP contribution in [-0.2, 0) is 16.0 Å². The molecule has 0 aliphatic rings. The number of ether oxygens (including phenoxy) is 2. The molecule has 0 N–H and O–H groups in total. The summed E-state index contributed by atoms with van der Waals surface area (Å²) < 4.78 is 35.7. The van der Waals surface area contributed by atoms with E-state index < -0.39 is 18.0 Å². The van der Waals surface area contributed by atoms with E-state index in [1.807, 2.05) is 0 Å². The Morgan fingerprint density at radius 3 is 2.63 bits per heavy atom. The first kappa shape index (κ1) is 14.9. The normalized spacial score (nSPS) is 10.1. The molecule has 0 aliphatic heterocycles. The summed E-state index contributed by atoms with van der Waals surface area (Å²) in [5.74, 6) is -0.373. The highest BCUT2D eigenvalue weighted by molar-refractivity contribution is 5.74. The van der Waals surface area contributed by atoms with E-state index in [-0.39, 0.29) is 29.9 Å². The van der Waals surface area contributed by atoms with Crippen LogP contribution < -0.4 is 4.74 Å². The van der Waals surface area contributed by atoms with Crippen LogP contribution in [0.25, 0.3) is 0 Å². The Labute approximate surface area is 109 Å². The van der Waals surface area contributed by atoms with Gasteiger partial charge in [-0.2, -0.15) is 5.26 Å². The van der Waals surface area contributed by atoms with Crippen molar-refractivity contribution in [3.05, 3.63) is 28.8 Å². The first-order valence-electron chi connectivity index (χ1n) is 5.58. The molecular weight excluding hydrogens is 256 g/mol. The van der Waals surface area contributed by atoms with Crippen molar-refractivity contribution in [3.63, 3.8) is 0 Å². The highest BCUT2D eigenvalue weighted by Gasteiger charge is 2.21.